The van der Waals surface area contributed by atoms with Gasteiger partial charge in [0, 0.05) is 23.7 Å². The van der Waals surface area contributed by atoms with E-state index in [0.717, 1.165) is 0 Å². The zero-order valence-electron chi connectivity index (χ0n) is 26.7. The maximum absolute atomic E-state index is 14.0. The number of hydrogen-bond donors (Lipinski definition) is 6. The highest BCUT2D eigenvalue weighted by atomic mass is 19.4. The number of likely N-dealkylation sites (tertiary alicyclic amines) is 1. The van der Waals surface area contributed by atoms with E-state index in [-0.39, 0.29) is 49.1 Å². The molecule has 1 saturated heterocycles. The molecule has 2 aromatic carbocycles. The summed E-state index contributed by atoms with van der Waals surface area (Å²) in [5, 5.41) is 47.7. The quantitative estimate of drug-likeness (QED) is 0.251. The van der Waals surface area contributed by atoms with Gasteiger partial charge in [-0.3, -0.25) is 28.9 Å². The average Bonchev–Trinajstić information content (AvgIpc) is 3.52. The van der Waals surface area contributed by atoms with Gasteiger partial charge in [-0.25, -0.2) is 0 Å². The fraction of sp³-hybridized carbons (Fsp3) is 0.382. The van der Waals surface area contributed by atoms with Crippen molar-refractivity contribution < 1.29 is 57.6 Å². The van der Waals surface area contributed by atoms with Gasteiger partial charge in [0.15, 0.2) is 11.4 Å². The molecule has 0 radical (unpaired) electrons. The van der Waals surface area contributed by atoms with Crippen molar-refractivity contribution >= 4 is 40.7 Å². The number of rotatable bonds is 5. The molecule has 5 atom stereocenters. The summed E-state index contributed by atoms with van der Waals surface area (Å²) in [6.45, 7) is -0.199. The molecule has 2 fully saturated rings. The van der Waals surface area contributed by atoms with Crippen LogP contribution in [0.2, 0.25) is 0 Å². The van der Waals surface area contributed by atoms with Crippen LogP contribution in [0, 0.1) is 11.8 Å². The van der Waals surface area contributed by atoms with Crippen LogP contribution in [0.25, 0.3) is 16.9 Å². The number of carbonyl (C=O) groups is 5. The summed E-state index contributed by atoms with van der Waals surface area (Å²) in [4.78, 5) is 66.1. The molecule has 2 aromatic rings. The van der Waals surface area contributed by atoms with E-state index in [1.807, 2.05) is 0 Å². The number of carbonyl (C=O) groups excluding carboxylic acids is 5. The molecule has 7 N–H and O–H groups in total. The van der Waals surface area contributed by atoms with E-state index in [9.17, 15) is 57.6 Å². The molecule has 3 amide bonds. The molecule has 1 saturated carbocycles. The third kappa shape index (κ3) is 5.20. The number of benzene rings is 2. The first-order valence-corrected chi connectivity index (χ1v) is 15.7. The number of anilines is 1. The van der Waals surface area contributed by atoms with Crippen molar-refractivity contribution in [2.45, 2.75) is 49.5 Å². The average molecular weight is 699 g/mol. The zero-order valence-corrected chi connectivity index (χ0v) is 26.7. The molecular formula is C34H33F3N4O9. The first-order chi connectivity index (χ1) is 23.4. The monoisotopic (exact) mass is 698 g/mol. The van der Waals surface area contributed by atoms with Crippen molar-refractivity contribution in [3.05, 3.63) is 64.4 Å². The number of nitrogens with two attached hydrogens (primary N) is 1. The Morgan fingerprint density at radius 3 is 2.30 bits per heavy atom. The summed E-state index contributed by atoms with van der Waals surface area (Å²) in [5.41, 5.74) is 2.97. The fourth-order valence-electron chi connectivity index (χ4n) is 7.92. The van der Waals surface area contributed by atoms with Gasteiger partial charge in [-0.2, -0.15) is 13.2 Å². The third-order valence-corrected chi connectivity index (χ3v) is 10.1. The lowest BCUT2D eigenvalue weighted by atomic mass is 9.57. The van der Waals surface area contributed by atoms with Crippen molar-refractivity contribution in [2.75, 3.05) is 26.0 Å². The van der Waals surface area contributed by atoms with Crippen molar-refractivity contribution in [3.63, 3.8) is 0 Å². The molecule has 13 nitrogen and oxygen atoms in total. The number of amides is 3. The van der Waals surface area contributed by atoms with Crippen LogP contribution in [0.15, 0.2) is 53.3 Å². The second kappa shape index (κ2) is 12.0. The van der Waals surface area contributed by atoms with E-state index in [0.29, 0.717) is 21.6 Å². The predicted molar refractivity (Wildman–Crippen MR) is 169 cm³/mol. The Bertz CT molecular complexity index is 1920. The number of ketones is 2. The second-order valence-corrected chi connectivity index (χ2v) is 13.2. The second-order valence-electron chi connectivity index (χ2n) is 13.2. The Morgan fingerprint density at radius 1 is 1.04 bits per heavy atom. The molecule has 5 unspecified atom stereocenters. The molecule has 4 aliphatic rings. The van der Waals surface area contributed by atoms with Gasteiger partial charge in [0.25, 0.3) is 5.91 Å². The molecule has 3 aliphatic carbocycles. The Labute approximate surface area is 282 Å². The van der Waals surface area contributed by atoms with E-state index in [4.69, 9.17) is 5.73 Å². The molecular weight excluding hydrogens is 665 g/mol. The lowest BCUT2D eigenvalue weighted by Crippen LogP contribution is -2.65. The number of Topliss-reactive ketones (excluding diaryl/α,β-unsaturated/α-hetero) is 2. The number of nitrogens with zero attached hydrogens (tertiary/aromatic N) is 2. The molecule has 16 heteroatoms. The van der Waals surface area contributed by atoms with Crippen LogP contribution in [0.4, 0.5) is 18.9 Å². The van der Waals surface area contributed by atoms with Crippen LogP contribution in [0.3, 0.4) is 0 Å². The molecule has 264 valence electrons. The number of alkyl halides is 3. The number of aliphatic hydroxyl groups is 3. The van der Waals surface area contributed by atoms with Crippen LogP contribution in [0.1, 0.15) is 30.4 Å². The Balaban J connectivity index is 1.34. The van der Waals surface area contributed by atoms with Crippen molar-refractivity contribution in [1.82, 2.24) is 9.80 Å². The fourth-order valence-corrected chi connectivity index (χ4v) is 7.92. The predicted octanol–water partition coefficient (Wildman–Crippen LogP) is 2.12. The molecule has 0 aromatic heterocycles. The topological polar surface area (TPSA) is 211 Å². The Kier molecular flexibility index (Phi) is 8.30. The first kappa shape index (κ1) is 34.6. The zero-order chi connectivity index (χ0) is 36.6. The number of phenolic OH excluding ortho intramolecular Hbond substituents is 1. The van der Waals surface area contributed by atoms with Gasteiger partial charge in [0.05, 0.1) is 11.6 Å². The van der Waals surface area contributed by atoms with E-state index in [1.165, 1.54) is 37.2 Å². The number of halogens is 3. The summed E-state index contributed by atoms with van der Waals surface area (Å²) in [5.74, 6) is -10.5. The minimum Gasteiger partial charge on any atom is -0.508 e. The summed E-state index contributed by atoms with van der Waals surface area (Å²) in [6, 6.07) is 6.49. The van der Waals surface area contributed by atoms with Crippen molar-refractivity contribution in [3.8, 4) is 16.9 Å². The van der Waals surface area contributed by atoms with Gasteiger partial charge in [-0.1, -0.05) is 18.2 Å². The highest BCUT2D eigenvalue weighted by Gasteiger charge is 2.64. The highest BCUT2D eigenvalue weighted by molar-refractivity contribution is 6.24. The molecule has 1 heterocycles. The third-order valence-electron chi connectivity index (χ3n) is 10.1. The van der Waals surface area contributed by atoms with Gasteiger partial charge in [0.2, 0.25) is 11.7 Å². The molecule has 50 heavy (non-hydrogen) atoms. The van der Waals surface area contributed by atoms with Gasteiger partial charge < -0.3 is 36.4 Å². The number of likely N-dealkylation sites (N-methyl/N-ethyl adjacent to an activating group) is 1. The van der Waals surface area contributed by atoms with Gasteiger partial charge in [-0.05, 0) is 80.6 Å². The van der Waals surface area contributed by atoms with Crippen molar-refractivity contribution in [2.24, 2.45) is 17.6 Å². The summed E-state index contributed by atoms with van der Waals surface area (Å²) in [6.07, 6.45) is -4.86. The largest absolute Gasteiger partial charge is 0.508 e. The van der Waals surface area contributed by atoms with Gasteiger partial charge in [-0.15, -0.1) is 0 Å². The van der Waals surface area contributed by atoms with E-state index in [1.54, 1.807) is 18.2 Å². The number of hydrogen-bond acceptors (Lipinski definition) is 10. The summed E-state index contributed by atoms with van der Waals surface area (Å²) < 4.78 is 39.1. The van der Waals surface area contributed by atoms with E-state index < -0.39 is 87.8 Å². The standard InChI is InChI=1S/C34H33F3N4O9/c1-40(2)25-19-13-15-12-18-17(14-5-7-16(8-6-14)39-31(48)20-4-3-11-41(20)32(49)34(35,36)37)9-10-21(42)23(18)26(43)22(15)28(45)33(19,50)29(46)24(27(25)44)30(38)47/h5-10,15,19-20,25,42-43,46,50H,3-4,11-13H2,1-2H3,(H2,38,47)(H,39,48). The van der Waals surface area contributed by atoms with Gasteiger partial charge in [0.1, 0.15) is 28.9 Å². The lowest BCUT2D eigenvalue weighted by molar-refractivity contribution is -0.186. The van der Waals surface area contributed by atoms with Gasteiger partial charge >= 0.3 is 12.1 Å². The smallest absolute Gasteiger partial charge is 0.471 e. The maximum atomic E-state index is 14.0. The minimum atomic E-state index is -5.11. The van der Waals surface area contributed by atoms with Crippen LogP contribution in [-0.2, 0) is 30.4 Å². The molecule has 6 rings (SSSR count). The van der Waals surface area contributed by atoms with Crippen LogP contribution in [-0.4, -0.2) is 104 Å². The summed E-state index contributed by atoms with van der Waals surface area (Å²) >= 11 is 0. The summed E-state index contributed by atoms with van der Waals surface area (Å²) in [7, 11) is 3.00. The molecule has 0 bridgehead atoms. The first-order valence-electron chi connectivity index (χ1n) is 15.7. The van der Waals surface area contributed by atoms with E-state index in [2.05, 4.69) is 5.32 Å². The SMILES string of the molecule is CN(C)C1C(=O)C(C(N)=O)=C(O)C2(O)C(=O)C3=C(O)c4c(O)ccc(-c5ccc(NC(=O)C6CCCN6C(=O)C(F)(F)F)cc5)c4CC3CC12. The normalized spacial score (nSPS) is 26.5. The van der Waals surface area contributed by atoms with Crippen LogP contribution >= 0.6 is 0 Å². The number of phenols is 1. The van der Waals surface area contributed by atoms with E-state index >= 15 is 0 Å². The maximum Gasteiger partial charge on any atom is 0.471 e. The van der Waals surface area contributed by atoms with Crippen LogP contribution < -0.4 is 11.1 Å². The Morgan fingerprint density at radius 2 is 1.70 bits per heavy atom. The number of aliphatic hydroxyl groups excluding tert-OH is 2. The van der Waals surface area contributed by atoms with Crippen LogP contribution in [0.5, 0.6) is 5.75 Å². The number of fused-ring (bicyclic) bond motifs is 3. The number of aromatic hydroxyl groups is 1. The number of nitrogens with one attached hydrogen (secondary N) is 1. The number of primary amides is 1. The molecule has 1 aliphatic heterocycles. The molecule has 0 spiro atoms. The highest BCUT2D eigenvalue weighted by Crippen LogP contribution is 2.53. The lowest BCUT2D eigenvalue weighted by Gasteiger charge is -2.50. The van der Waals surface area contributed by atoms with Crippen molar-refractivity contribution in [1.29, 1.82) is 0 Å². The minimum absolute atomic E-state index is 0.0432. The Hall–Kier alpha value is -5.22.